The molecule has 0 saturated heterocycles. The number of fused-ring (bicyclic) bond motifs is 9. The molecule has 0 aliphatic carbocycles. The van der Waals surface area contributed by atoms with E-state index in [9.17, 15) is 0 Å². The average molecular weight is 823 g/mol. The van der Waals surface area contributed by atoms with Crippen LogP contribution in [0.2, 0.25) is 0 Å². The van der Waals surface area contributed by atoms with Crippen molar-refractivity contribution in [1.82, 2.24) is 19.5 Å². The number of benzene rings is 9. The van der Waals surface area contributed by atoms with Gasteiger partial charge < -0.3 is 8.98 Å². The number of aromatic nitrogens is 4. The maximum absolute atomic E-state index is 6.97. The maximum Gasteiger partial charge on any atom is 0.164 e. The van der Waals surface area contributed by atoms with Crippen LogP contribution < -0.4 is 0 Å². The van der Waals surface area contributed by atoms with Crippen LogP contribution in [0, 0.1) is 0 Å². The van der Waals surface area contributed by atoms with Gasteiger partial charge in [0.1, 0.15) is 5.58 Å². The highest BCUT2D eigenvalue weighted by Gasteiger charge is 2.23. The summed E-state index contributed by atoms with van der Waals surface area (Å²) in [4.78, 5) is 15.7. The minimum Gasteiger partial charge on any atom is -0.454 e. The molecule has 4 heterocycles. The minimum absolute atomic E-state index is 0.587. The van der Waals surface area contributed by atoms with Crippen molar-refractivity contribution in [2.24, 2.45) is 0 Å². The van der Waals surface area contributed by atoms with Crippen molar-refractivity contribution in [1.29, 1.82) is 0 Å². The highest BCUT2D eigenvalue weighted by Crippen LogP contribution is 2.44. The first-order chi connectivity index (χ1) is 31.2. The van der Waals surface area contributed by atoms with Crippen molar-refractivity contribution < 1.29 is 4.42 Å². The third kappa shape index (κ3) is 5.66. The molecule has 6 heteroatoms. The second kappa shape index (κ2) is 14.2. The van der Waals surface area contributed by atoms with E-state index < -0.39 is 0 Å². The van der Waals surface area contributed by atoms with Crippen LogP contribution >= 0.6 is 11.3 Å². The van der Waals surface area contributed by atoms with E-state index in [0.29, 0.717) is 17.5 Å². The summed E-state index contributed by atoms with van der Waals surface area (Å²) in [5.74, 6) is 1.82. The van der Waals surface area contributed by atoms with E-state index in [1.807, 2.05) is 41.7 Å². The summed E-state index contributed by atoms with van der Waals surface area (Å²) in [5.41, 5.74) is 12.3. The van der Waals surface area contributed by atoms with Gasteiger partial charge in [0.15, 0.2) is 23.1 Å². The highest BCUT2D eigenvalue weighted by atomic mass is 32.1. The SMILES string of the molecule is c1ccc(-c2nc(-c3ccc4c(c3)sc3c(-c5ccccc5)cccc34)nc(-c3cccc4oc5c(-n6c7ccccc7c7cccc(-c8ccccc8)c76)cccc5c34)n2)cc1. The zero-order valence-electron chi connectivity index (χ0n) is 33.7. The molecule has 0 atom stereocenters. The summed E-state index contributed by atoms with van der Waals surface area (Å²) in [5, 5.41) is 6.80. The fourth-order valence-electron chi connectivity index (χ4n) is 9.44. The van der Waals surface area contributed by atoms with E-state index in [1.54, 1.807) is 0 Å². The smallest absolute Gasteiger partial charge is 0.164 e. The molecule has 5 nitrogen and oxygen atoms in total. The summed E-state index contributed by atoms with van der Waals surface area (Å²) >= 11 is 1.81. The molecule has 0 radical (unpaired) electrons. The maximum atomic E-state index is 6.97. The van der Waals surface area contributed by atoms with Crippen molar-refractivity contribution in [3.8, 4) is 62.1 Å². The van der Waals surface area contributed by atoms with Crippen LogP contribution in [0.1, 0.15) is 0 Å². The van der Waals surface area contributed by atoms with Crippen LogP contribution in [0.5, 0.6) is 0 Å². The van der Waals surface area contributed by atoms with Crippen molar-refractivity contribution in [2.45, 2.75) is 0 Å². The molecule has 0 fully saturated rings. The largest absolute Gasteiger partial charge is 0.454 e. The van der Waals surface area contributed by atoms with Gasteiger partial charge >= 0.3 is 0 Å². The first-order valence-electron chi connectivity index (χ1n) is 21.1. The Morgan fingerprint density at radius 2 is 0.984 bits per heavy atom. The quantitative estimate of drug-likeness (QED) is 0.168. The van der Waals surface area contributed by atoms with E-state index in [0.717, 1.165) is 66.5 Å². The van der Waals surface area contributed by atoms with E-state index in [-0.39, 0.29) is 0 Å². The number of rotatable bonds is 6. The van der Waals surface area contributed by atoms with Gasteiger partial charge in [-0.15, -0.1) is 11.3 Å². The van der Waals surface area contributed by atoms with E-state index in [1.165, 1.54) is 42.1 Å². The molecule has 0 unspecified atom stereocenters. The third-order valence-electron chi connectivity index (χ3n) is 12.3. The van der Waals surface area contributed by atoms with Crippen molar-refractivity contribution >= 4 is 75.3 Å². The van der Waals surface area contributed by atoms with Crippen molar-refractivity contribution in [3.05, 3.63) is 206 Å². The Balaban J connectivity index is 1.02. The number of hydrogen-bond donors (Lipinski definition) is 0. The van der Waals surface area contributed by atoms with Crippen LogP contribution in [0.3, 0.4) is 0 Å². The first-order valence-corrected chi connectivity index (χ1v) is 21.9. The van der Waals surface area contributed by atoms with Crippen molar-refractivity contribution in [3.63, 3.8) is 0 Å². The lowest BCUT2D eigenvalue weighted by Crippen LogP contribution is -2.00. The second-order valence-corrected chi connectivity index (χ2v) is 16.9. The van der Waals surface area contributed by atoms with Gasteiger partial charge in [0.05, 0.1) is 16.7 Å². The molecule has 0 aliphatic heterocycles. The zero-order chi connectivity index (χ0) is 41.4. The normalized spacial score (nSPS) is 11.8. The Morgan fingerprint density at radius 3 is 1.78 bits per heavy atom. The number of nitrogens with zero attached hydrogens (tertiary/aromatic N) is 4. The Kier molecular flexibility index (Phi) is 8.01. The fourth-order valence-corrected chi connectivity index (χ4v) is 10.7. The standard InChI is InChI=1S/C57H34N4OS/c1-4-16-35(17-5-1)39-23-12-25-43-41-22-10-11-29-47(41)61(52(39)43)48-30-14-27-45-51-46(28-15-31-49(51)62-53(45)48)57-59-55(37-20-8-3-9-21-37)58-56(60-57)38-32-33-42-44-26-13-24-40(36-18-6-2-7-19-36)54(44)63-50(42)34-38/h1-34H. The van der Waals surface area contributed by atoms with E-state index in [2.05, 4.69) is 180 Å². The van der Waals surface area contributed by atoms with Gasteiger partial charge in [-0.3, -0.25) is 0 Å². The Bertz CT molecular complexity index is 3910. The summed E-state index contributed by atoms with van der Waals surface area (Å²) in [6, 6.07) is 72.5. The van der Waals surface area contributed by atoms with Gasteiger partial charge in [-0.2, -0.15) is 0 Å². The molecular weight excluding hydrogens is 789 g/mol. The third-order valence-corrected chi connectivity index (χ3v) is 13.5. The fraction of sp³-hybridized carbons (Fsp3) is 0. The van der Waals surface area contributed by atoms with Gasteiger partial charge in [-0.1, -0.05) is 182 Å². The molecule has 0 saturated carbocycles. The lowest BCUT2D eigenvalue weighted by molar-refractivity contribution is 0.666. The minimum atomic E-state index is 0.587. The Hall–Kier alpha value is -8.19. The molecular formula is C57H34N4OS. The summed E-state index contributed by atoms with van der Waals surface area (Å²) in [6.45, 7) is 0. The first kappa shape index (κ1) is 35.6. The predicted molar refractivity (Wildman–Crippen MR) is 262 cm³/mol. The molecule has 0 N–H and O–H groups in total. The van der Waals surface area contributed by atoms with Crippen LogP contribution in [-0.4, -0.2) is 19.5 Å². The topological polar surface area (TPSA) is 56.7 Å². The van der Waals surface area contributed by atoms with Crippen LogP contribution in [0.4, 0.5) is 0 Å². The van der Waals surface area contributed by atoms with E-state index in [4.69, 9.17) is 19.4 Å². The summed E-state index contributed by atoms with van der Waals surface area (Å²) < 4.78 is 11.8. The van der Waals surface area contributed by atoms with Gasteiger partial charge in [-0.25, -0.2) is 15.0 Å². The van der Waals surface area contributed by atoms with E-state index >= 15 is 0 Å². The van der Waals surface area contributed by atoms with Crippen molar-refractivity contribution in [2.75, 3.05) is 0 Å². The molecule has 294 valence electrons. The van der Waals surface area contributed by atoms with Crippen LogP contribution in [-0.2, 0) is 0 Å². The monoisotopic (exact) mass is 822 g/mol. The molecule has 13 aromatic rings. The zero-order valence-corrected chi connectivity index (χ0v) is 34.6. The van der Waals surface area contributed by atoms with Gasteiger partial charge in [-0.05, 0) is 41.0 Å². The number of thiophene rings is 1. The summed E-state index contributed by atoms with van der Waals surface area (Å²) in [6.07, 6.45) is 0. The molecule has 0 spiro atoms. The lowest BCUT2D eigenvalue weighted by atomic mass is 10.0. The summed E-state index contributed by atoms with van der Waals surface area (Å²) in [7, 11) is 0. The van der Waals surface area contributed by atoms with Gasteiger partial charge in [0.25, 0.3) is 0 Å². The van der Waals surface area contributed by atoms with Gasteiger partial charge in [0, 0.05) is 64.0 Å². The highest BCUT2D eigenvalue weighted by molar-refractivity contribution is 7.26. The predicted octanol–water partition coefficient (Wildman–Crippen LogP) is 15.6. The molecule has 0 aliphatic rings. The molecule has 13 rings (SSSR count). The number of furan rings is 1. The van der Waals surface area contributed by atoms with Crippen LogP contribution in [0.15, 0.2) is 211 Å². The molecule has 4 aromatic heterocycles. The lowest BCUT2D eigenvalue weighted by Gasteiger charge is -2.12. The number of para-hydroxylation sites is 3. The molecule has 9 aromatic carbocycles. The Morgan fingerprint density at radius 1 is 0.397 bits per heavy atom. The Labute approximate surface area is 365 Å². The molecule has 63 heavy (non-hydrogen) atoms. The van der Waals surface area contributed by atoms with Crippen LogP contribution in [0.25, 0.3) is 126 Å². The number of hydrogen-bond acceptors (Lipinski definition) is 5. The molecule has 0 amide bonds. The average Bonchev–Trinajstić information content (AvgIpc) is 4.04. The second-order valence-electron chi connectivity index (χ2n) is 15.9. The molecule has 0 bridgehead atoms. The van der Waals surface area contributed by atoms with Gasteiger partial charge in [0.2, 0.25) is 0 Å².